The van der Waals surface area contributed by atoms with E-state index in [0.29, 0.717) is 0 Å². The van der Waals surface area contributed by atoms with Gasteiger partial charge in [-0.25, -0.2) is 8.37 Å². The summed E-state index contributed by atoms with van der Waals surface area (Å²) >= 11 is 0. The Morgan fingerprint density at radius 1 is 0.857 bits per heavy atom. The molecular formula is C8H14O10S3. The van der Waals surface area contributed by atoms with E-state index in [9.17, 15) is 25.3 Å². The predicted molar refractivity (Wildman–Crippen MR) is 67.4 cm³/mol. The minimum Gasteiger partial charge on any atom is -0.264 e. The molecule has 0 saturated carbocycles. The van der Waals surface area contributed by atoms with Gasteiger partial charge in [-0.05, 0) is 12.8 Å². The third-order valence-corrected chi connectivity index (χ3v) is 6.19. The van der Waals surface area contributed by atoms with Gasteiger partial charge in [-0.3, -0.25) is 8.37 Å². The van der Waals surface area contributed by atoms with Crippen molar-refractivity contribution >= 4 is 30.6 Å². The predicted octanol–water partition coefficient (Wildman–Crippen LogP) is -1.50. The van der Waals surface area contributed by atoms with Crippen molar-refractivity contribution in [1.29, 1.82) is 0 Å². The zero-order valence-corrected chi connectivity index (χ0v) is 13.2. The largest absolute Gasteiger partial charge is 0.400 e. The summed E-state index contributed by atoms with van der Waals surface area (Å²) in [6, 6.07) is 0. The first-order chi connectivity index (χ1) is 9.57. The summed E-state index contributed by atoms with van der Waals surface area (Å²) in [5.41, 5.74) is 0. The summed E-state index contributed by atoms with van der Waals surface area (Å²) in [6.07, 6.45) is -1.50. The topological polar surface area (TPSA) is 139 Å². The van der Waals surface area contributed by atoms with Crippen LogP contribution in [-0.2, 0) is 47.4 Å². The Morgan fingerprint density at radius 2 is 1.24 bits per heavy atom. The molecule has 124 valence electrons. The first-order valence-electron chi connectivity index (χ1n) is 5.93. The summed E-state index contributed by atoms with van der Waals surface area (Å²) in [4.78, 5) is 0. The first-order valence-corrected chi connectivity index (χ1v) is 10.4. The third kappa shape index (κ3) is 5.43. The van der Waals surface area contributed by atoms with Crippen LogP contribution in [0.3, 0.4) is 0 Å². The number of hydrogen-bond donors (Lipinski definition) is 0. The van der Waals surface area contributed by atoms with Gasteiger partial charge in [0.1, 0.15) is 12.2 Å². The van der Waals surface area contributed by atoms with Gasteiger partial charge in [0.2, 0.25) is 0 Å². The molecule has 0 aromatic carbocycles. The zero-order chi connectivity index (χ0) is 15.7. The monoisotopic (exact) mass is 366 g/mol. The van der Waals surface area contributed by atoms with Crippen LogP contribution in [0.4, 0.5) is 0 Å². The number of rotatable bonds is 6. The van der Waals surface area contributed by atoms with Crippen LogP contribution in [-0.4, -0.2) is 62.2 Å². The van der Waals surface area contributed by atoms with Crippen LogP contribution in [0.1, 0.15) is 12.8 Å². The smallest absolute Gasteiger partial charge is 0.264 e. The highest BCUT2D eigenvalue weighted by Gasteiger charge is 2.32. The minimum atomic E-state index is -4.38. The second-order valence-electron chi connectivity index (χ2n) is 4.51. The van der Waals surface area contributed by atoms with Gasteiger partial charge < -0.3 is 0 Å². The maximum absolute atomic E-state index is 11.4. The van der Waals surface area contributed by atoms with Gasteiger partial charge in [0.25, 0.3) is 20.2 Å². The highest BCUT2D eigenvalue weighted by Crippen LogP contribution is 2.19. The highest BCUT2D eigenvalue weighted by atomic mass is 32.3. The van der Waals surface area contributed by atoms with Gasteiger partial charge in [-0.15, -0.1) is 0 Å². The second-order valence-corrected chi connectivity index (χ2v) is 9.23. The Balaban J connectivity index is 1.75. The van der Waals surface area contributed by atoms with E-state index in [-0.39, 0.29) is 24.3 Å². The van der Waals surface area contributed by atoms with Gasteiger partial charge in [0.05, 0.1) is 24.7 Å². The Kier molecular flexibility index (Phi) is 4.92. The summed E-state index contributed by atoms with van der Waals surface area (Å²) in [7, 11) is -11.6. The molecule has 0 aliphatic carbocycles. The maximum Gasteiger partial charge on any atom is 0.400 e. The van der Waals surface area contributed by atoms with Crippen molar-refractivity contribution in [3.05, 3.63) is 0 Å². The molecule has 2 heterocycles. The molecule has 0 aromatic rings. The fourth-order valence-electron chi connectivity index (χ4n) is 1.73. The van der Waals surface area contributed by atoms with E-state index in [2.05, 4.69) is 16.7 Å². The van der Waals surface area contributed by atoms with Gasteiger partial charge in [-0.1, -0.05) is 0 Å². The first kappa shape index (κ1) is 17.1. The Labute approximate surface area is 122 Å². The normalized spacial score (nSPS) is 31.4. The number of hydrogen-bond acceptors (Lipinski definition) is 10. The van der Waals surface area contributed by atoms with E-state index >= 15 is 0 Å². The van der Waals surface area contributed by atoms with Gasteiger partial charge in [0, 0.05) is 0 Å². The van der Waals surface area contributed by atoms with Crippen molar-refractivity contribution in [1.82, 2.24) is 0 Å². The molecule has 2 aliphatic heterocycles. The van der Waals surface area contributed by atoms with Crippen molar-refractivity contribution in [3.8, 4) is 0 Å². The van der Waals surface area contributed by atoms with Crippen LogP contribution in [0, 0.1) is 0 Å². The fraction of sp³-hybridized carbons (Fsp3) is 1.00. The molecule has 2 atom stereocenters. The van der Waals surface area contributed by atoms with E-state index in [1.54, 1.807) is 0 Å². The van der Waals surface area contributed by atoms with Gasteiger partial charge in [-0.2, -0.15) is 25.3 Å². The Bertz CT molecular complexity index is 622. The summed E-state index contributed by atoms with van der Waals surface area (Å²) in [6.45, 7) is -0.989. The molecule has 0 spiro atoms. The van der Waals surface area contributed by atoms with E-state index in [1.807, 2.05) is 0 Å². The Hall–Kier alpha value is -0.310. The van der Waals surface area contributed by atoms with E-state index in [4.69, 9.17) is 0 Å². The quantitative estimate of drug-likeness (QED) is 0.510. The molecule has 2 fully saturated rings. The molecule has 2 unspecified atom stereocenters. The molecule has 13 heteroatoms. The molecule has 0 radical (unpaired) electrons. The summed E-state index contributed by atoms with van der Waals surface area (Å²) in [5, 5.41) is 0. The maximum atomic E-state index is 11.4. The lowest BCUT2D eigenvalue weighted by Gasteiger charge is -2.11. The second kappa shape index (κ2) is 6.06. The molecule has 0 amide bonds. The van der Waals surface area contributed by atoms with Crippen molar-refractivity contribution in [2.45, 2.75) is 25.0 Å². The highest BCUT2D eigenvalue weighted by molar-refractivity contribution is 7.87. The van der Waals surface area contributed by atoms with Crippen molar-refractivity contribution in [2.24, 2.45) is 0 Å². The van der Waals surface area contributed by atoms with Gasteiger partial charge in [0.15, 0.2) is 0 Å². The van der Waals surface area contributed by atoms with Gasteiger partial charge >= 0.3 is 10.4 Å². The van der Waals surface area contributed by atoms with Crippen molar-refractivity contribution in [2.75, 3.05) is 24.7 Å². The van der Waals surface area contributed by atoms with E-state index in [1.165, 1.54) is 0 Å². The lowest BCUT2D eigenvalue weighted by molar-refractivity contribution is 0.108. The van der Waals surface area contributed by atoms with Crippen LogP contribution >= 0.6 is 0 Å². The summed E-state index contributed by atoms with van der Waals surface area (Å²) < 4.78 is 84.9. The van der Waals surface area contributed by atoms with Crippen molar-refractivity contribution < 1.29 is 42.0 Å². The molecule has 0 aromatic heterocycles. The van der Waals surface area contributed by atoms with Crippen LogP contribution in [0.25, 0.3) is 0 Å². The fourth-order valence-corrected chi connectivity index (χ4v) is 4.87. The molecule has 0 bridgehead atoms. The van der Waals surface area contributed by atoms with Crippen molar-refractivity contribution in [3.63, 3.8) is 0 Å². The average Bonchev–Trinajstić information content (AvgIpc) is 2.87. The van der Waals surface area contributed by atoms with Crippen LogP contribution in [0.2, 0.25) is 0 Å². The van der Waals surface area contributed by atoms with E-state index in [0.717, 1.165) is 0 Å². The lowest BCUT2D eigenvalue weighted by atomic mass is 10.3. The molecule has 0 N–H and O–H groups in total. The molecule has 2 aliphatic rings. The SMILES string of the molecule is O=S1(=O)CCC(COS(=O)(=O)OCC2CCS(=O)(=O)O2)O1. The standard InChI is InChI=1S/C8H14O10S3/c9-19(10)3-1-7(17-19)5-15-21(13,14)16-6-8-2-4-20(11,12)18-8/h7-8H,1-6H2. The molecule has 2 rings (SSSR count). The minimum absolute atomic E-state index is 0.127. The third-order valence-electron chi connectivity index (χ3n) is 2.74. The van der Waals surface area contributed by atoms with E-state index < -0.39 is 56.1 Å². The lowest BCUT2D eigenvalue weighted by Crippen LogP contribution is -2.23. The Morgan fingerprint density at radius 3 is 1.52 bits per heavy atom. The molecular weight excluding hydrogens is 352 g/mol. The molecule has 10 nitrogen and oxygen atoms in total. The average molecular weight is 366 g/mol. The van der Waals surface area contributed by atoms with Crippen LogP contribution < -0.4 is 0 Å². The van der Waals surface area contributed by atoms with Crippen LogP contribution in [0.15, 0.2) is 0 Å². The van der Waals surface area contributed by atoms with Crippen LogP contribution in [0.5, 0.6) is 0 Å². The molecule has 2 saturated heterocycles. The summed E-state index contributed by atoms with van der Waals surface area (Å²) in [5.74, 6) is -0.397. The zero-order valence-electron chi connectivity index (χ0n) is 10.7. The molecule has 21 heavy (non-hydrogen) atoms.